The summed E-state index contributed by atoms with van der Waals surface area (Å²) in [5.74, 6) is -0.0627. The van der Waals surface area contributed by atoms with Crippen molar-refractivity contribution in [3.63, 3.8) is 0 Å². The fourth-order valence-electron chi connectivity index (χ4n) is 1.65. The molecule has 1 fully saturated rings. The number of benzene rings is 1. The van der Waals surface area contributed by atoms with Crippen LogP contribution in [0.2, 0.25) is 0 Å². The monoisotopic (exact) mass is 261 g/mol. The first-order valence-electron chi connectivity index (χ1n) is 5.13. The van der Waals surface area contributed by atoms with Crippen LogP contribution in [0.5, 0.6) is 0 Å². The van der Waals surface area contributed by atoms with E-state index in [0.29, 0.717) is 22.7 Å². The van der Waals surface area contributed by atoms with Crippen molar-refractivity contribution in [2.45, 2.75) is 23.1 Å². The van der Waals surface area contributed by atoms with E-state index in [1.54, 1.807) is 12.1 Å². The normalized spacial score (nSPS) is 20.3. The maximum absolute atomic E-state index is 12.2. The second-order valence-corrected chi connectivity index (χ2v) is 5.82. The topological polar surface area (TPSA) is 12.0 Å². The van der Waals surface area contributed by atoms with Crippen LogP contribution in [0.4, 0.5) is 14.5 Å². The van der Waals surface area contributed by atoms with Crippen molar-refractivity contribution >= 4 is 29.2 Å². The van der Waals surface area contributed by atoms with Crippen molar-refractivity contribution in [1.29, 1.82) is 0 Å². The molecule has 1 saturated heterocycles. The van der Waals surface area contributed by atoms with E-state index in [9.17, 15) is 8.78 Å². The fourth-order valence-corrected chi connectivity index (χ4v) is 3.36. The van der Waals surface area contributed by atoms with E-state index in [1.165, 1.54) is 5.75 Å². The Kier molecular flexibility index (Phi) is 4.35. The zero-order chi connectivity index (χ0) is 11.4. The van der Waals surface area contributed by atoms with E-state index in [4.69, 9.17) is 0 Å². The van der Waals surface area contributed by atoms with Gasteiger partial charge in [-0.15, -0.1) is 0 Å². The van der Waals surface area contributed by atoms with Gasteiger partial charge in [0, 0.05) is 22.4 Å². The van der Waals surface area contributed by atoms with Gasteiger partial charge in [-0.2, -0.15) is 20.5 Å². The van der Waals surface area contributed by atoms with E-state index in [2.05, 4.69) is 5.32 Å². The molecule has 1 atom stereocenters. The summed E-state index contributed by atoms with van der Waals surface area (Å²) >= 11 is 2.52. The smallest absolute Gasteiger partial charge is 0.288 e. The van der Waals surface area contributed by atoms with Crippen LogP contribution >= 0.6 is 23.5 Å². The molecule has 2 rings (SSSR count). The molecule has 1 unspecified atom stereocenters. The first kappa shape index (κ1) is 12.0. The summed E-state index contributed by atoms with van der Waals surface area (Å²) in [7, 11) is 0. The predicted octanol–water partition coefficient (Wildman–Crippen LogP) is 3.92. The molecule has 0 aliphatic carbocycles. The summed E-state index contributed by atoms with van der Waals surface area (Å²) in [5.41, 5.74) is 0.943. The average molecular weight is 261 g/mol. The first-order chi connectivity index (χ1) is 7.74. The number of halogens is 2. The van der Waals surface area contributed by atoms with Gasteiger partial charge in [-0.1, -0.05) is 17.8 Å². The Hall–Kier alpha value is -0.420. The van der Waals surface area contributed by atoms with E-state index in [1.807, 2.05) is 23.9 Å². The van der Waals surface area contributed by atoms with Crippen molar-refractivity contribution in [3.05, 3.63) is 24.3 Å². The highest BCUT2D eigenvalue weighted by molar-refractivity contribution is 7.99. The van der Waals surface area contributed by atoms with E-state index in [-0.39, 0.29) is 0 Å². The van der Waals surface area contributed by atoms with Crippen LogP contribution in [-0.4, -0.2) is 23.3 Å². The quantitative estimate of drug-likeness (QED) is 0.825. The SMILES string of the molecule is FC(F)Sc1cccc(NC2CCSC2)c1. The lowest BCUT2D eigenvalue weighted by Crippen LogP contribution is -2.17. The van der Waals surface area contributed by atoms with Crippen LogP contribution in [-0.2, 0) is 0 Å². The summed E-state index contributed by atoms with van der Waals surface area (Å²) in [6.07, 6.45) is 1.15. The van der Waals surface area contributed by atoms with Crippen molar-refractivity contribution in [2.75, 3.05) is 16.8 Å². The molecule has 1 aromatic carbocycles. The van der Waals surface area contributed by atoms with E-state index in [0.717, 1.165) is 17.9 Å². The van der Waals surface area contributed by atoms with Crippen LogP contribution in [0.15, 0.2) is 29.2 Å². The maximum Gasteiger partial charge on any atom is 0.288 e. The molecule has 0 bridgehead atoms. The Morgan fingerprint density at radius 2 is 2.31 bits per heavy atom. The molecule has 1 N–H and O–H groups in total. The lowest BCUT2D eigenvalue weighted by molar-refractivity contribution is 0.252. The van der Waals surface area contributed by atoms with Gasteiger partial charge in [0.2, 0.25) is 0 Å². The van der Waals surface area contributed by atoms with Gasteiger partial charge in [-0.05, 0) is 30.4 Å². The van der Waals surface area contributed by atoms with Crippen LogP contribution in [0.1, 0.15) is 6.42 Å². The van der Waals surface area contributed by atoms with Crippen molar-refractivity contribution < 1.29 is 8.78 Å². The van der Waals surface area contributed by atoms with Crippen LogP contribution in [0.3, 0.4) is 0 Å². The molecule has 0 radical (unpaired) electrons. The molecule has 0 aromatic heterocycles. The molecule has 16 heavy (non-hydrogen) atoms. The highest BCUT2D eigenvalue weighted by Gasteiger charge is 2.15. The molecule has 1 heterocycles. The molecule has 88 valence electrons. The van der Waals surface area contributed by atoms with Gasteiger partial charge in [0.25, 0.3) is 5.76 Å². The lowest BCUT2D eigenvalue weighted by atomic mass is 10.2. The van der Waals surface area contributed by atoms with Crippen LogP contribution in [0.25, 0.3) is 0 Å². The van der Waals surface area contributed by atoms with Gasteiger partial charge in [0.1, 0.15) is 0 Å². The standard InChI is InChI=1S/C11H13F2NS2/c12-11(13)16-10-3-1-2-8(6-10)14-9-4-5-15-7-9/h1-3,6,9,11,14H,4-5,7H2. The molecule has 1 aliphatic heterocycles. The summed E-state index contributed by atoms with van der Waals surface area (Å²) in [5, 5.41) is 3.38. The third kappa shape index (κ3) is 3.56. The third-order valence-electron chi connectivity index (χ3n) is 2.36. The van der Waals surface area contributed by atoms with Crippen molar-refractivity contribution in [1.82, 2.24) is 0 Å². The Morgan fingerprint density at radius 3 is 3.00 bits per heavy atom. The second kappa shape index (κ2) is 5.77. The molecule has 1 nitrogen and oxygen atoms in total. The predicted molar refractivity (Wildman–Crippen MR) is 67.7 cm³/mol. The van der Waals surface area contributed by atoms with E-state index < -0.39 is 5.76 Å². The molecular formula is C11H13F2NS2. The molecule has 0 spiro atoms. The Labute approximate surface area is 102 Å². The van der Waals surface area contributed by atoms with E-state index >= 15 is 0 Å². The van der Waals surface area contributed by atoms with Gasteiger partial charge in [0.05, 0.1) is 0 Å². The summed E-state index contributed by atoms with van der Waals surface area (Å²) in [4.78, 5) is 0.616. The Morgan fingerprint density at radius 1 is 1.44 bits per heavy atom. The van der Waals surface area contributed by atoms with Gasteiger partial charge in [0.15, 0.2) is 0 Å². The minimum absolute atomic E-state index is 0.483. The largest absolute Gasteiger partial charge is 0.381 e. The first-order valence-corrected chi connectivity index (χ1v) is 7.16. The molecule has 0 amide bonds. The average Bonchev–Trinajstić information content (AvgIpc) is 2.70. The zero-order valence-corrected chi connectivity index (χ0v) is 10.3. The summed E-state index contributed by atoms with van der Waals surface area (Å²) in [6.45, 7) is 0. The van der Waals surface area contributed by atoms with Gasteiger partial charge >= 0.3 is 0 Å². The number of nitrogens with one attached hydrogen (secondary N) is 1. The minimum atomic E-state index is -2.35. The number of alkyl halides is 2. The summed E-state index contributed by atoms with van der Waals surface area (Å²) < 4.78 is 24.4. The van der Waals surface area contributed by atoms with Crippen LogP contribution < -0.4 is 5.32 Å². The lowest BCUT2D eigenvalue weighted by Gasteiger charge is -2.13. The minimum Gasteiger partial charge on any atom is -0.381 e. The Balaban J connectivity index is 1.97. The summed E-state index contributed by atoms with van der Waals surface area (Å²) in [6, 6.07) is 7.73. The molecule has 1 aliphatic rings. The van der Waals surface area contributed by atoms with Gasteiger partial charge < -0.3 is 5.32 Å². The van der Waals surface area contributed by atoms with Gasteiger partial charge in [-0.25, -0.2) is 0 Å². The Bertz CT molecular complexity index is 341. The second-order valence-electron chi connectivity index (χ2n) is 3.61. The molecule has 1 aromatic rings. The molecular weight excluding hydrogens is 248 g/mol. The van der Waals surface area contributed by atoms with Crippen molar-refractivity contribution in [2.24, 2.45) is 0 Å². The fraction of sp³-hybridized carbons (Fsp3) is 0.455. The highest BCUT2D eigenvalue weighted by Crippen LogP contribution is 2.28. The maximum atomic E-state index is 12.2. The highest BCUT2D eigenvalue weighted by atomic mass is 32.2. The van der Waals surface area contributed by atoms with Crippen LogP contribution in [0, 0.1) is 0 Å². The molecule has 5 heteroatoms. The zero-order valence-electron chi connectivity index (χ0n) is 8.66. The van der Waals surface area contributed by atoms with Crippen molar-refractivity contribution in [3.8, 4) is 0 Å². The van der Waals surface area contributed by atoms with Gasteiger partial charge in [-0.3, -0.25) is 0 Å². The number of rotatable bonds is 4. The number of hydrogen-bond donors (Lipinski definition) is 1. The number of hydrogen-bond acceptors (Lipinski definition) is 3. The third-order valence-corrected chi connectivity index (χ3v) is 4.23. The molecule has 0 saturated carbocycles. The number of thioether (sulfide) groups is 2. The number of anilines is 1.